The van der Waals surface area contributed by atoms with Crippen LogP contribution in [0.5, 0.6) is 0 Å². The minimum absolute atomic E-state index is 0.0610. The molecule has 1 N–H and O–H groups in total. The molecule has 5 rings (SSSR count). The summed E-state index contributed by atoms with van der Waals surface area (Å²) in [6, 6.07) is 13.4. The number of anilines is 1. The van der Waals surface area contributed by atoms with Crippen molar-refractivity contribution in [2.24, 2.45) is 0 Å². The second-order valence-corrected chi connectivity index (χ2v) is 8.08. The number of hydrogen-bond donors (Lipinski definition) is 1. The standard InChI is InChI=1S/C21H20N6O2S/c28-19-16-14-22-27(15-6-2-1-3-7-15)18(16)23-21(24-19)26-10-5-9-25(11-12-26)20(29)17-8-4-13-30-17/h1-4,6-8,13-14H,5,9-12H2,(H,23,24,28). The van der Waals surface area contributed by atoms with Crippen LogP contribution in [0.25, 0.3) is 16.7 Å². The topological polar surface area (TPSA) is 87.1 Å². The molecule has 0 saturated carbocycles. The van der Waals surface area contributed by atoms with Crippen molar-refractivity contribution in [3.05, 3.63) is 69.3 Å². The predicted octanol–water partition coefficient (Wildman–Crippen LogP) is 2.52. The van der Waals surface area contributed by atoms with Crippen molar-refractivity contribution < 1.29 is 4.79 Å². The summed E-state index contributed by atoms with van der Waals surface area (Å²) in [5, 5.41) is 6.72. The Morgan fingerprint density at radius 2 is 1.90 bits per heavy atom. The average molecular weight is 420 g/mol. The zero-order valence-corrected chi connectivity index (χ0v) is 17.0. The lowest BCUT2D eigenvalue weighted by atomic mass is 10.3. The quantitative estimate of drug-likeness (QED) is 0.550. The Morgan fingerprint density at radius 3 is 2.70 bits per heavy atom. The number of thiophene rings is 1. The molecule has 8 nitrogen and oxygen atoms in total. The van der Waals surface area contributed by atoms with Crippen molar-refractivity contribution >= 4 is 34.2 Å². The number of aromatic nitrogens is 4. The van der Waals surface area contributed by atoms with Gasteiger partial charge in [0.1, 0.15) is 5.39 Å². The van der Waals surface area contributed by atoms with Crippen LogP contribution in [0.15, 0.2) is 58.8 Å². The molecule has 0 unspecified atom stereocenters. The average Bonchev–Trinajstić information content (AvgIpc) is 3.39. The van der Waals surface area contributed by atoms with Crippen LogP contribution < -0.4 is 10.5 Å². The summed E-state index contributed by atoms with van der Waals surface area (Å²) < 4.78 is 1.68. The lowest BCUT2D eigenvalue weighted by molar-refractivity contribution is 0.0772. The van der Waals surface area contributed by atoms with Gasteiger partial charge in [0.15, 0.2) is 5.65 Å². The highest BCUT2D eigenvalue weighted by molar-refractivity contribution is 7.12. The summed E-state index contributed by atoms with van der Waals surface area (Å²) in [4.78, 5) is 37.6. The van der Waals surface area contributed by atoms with Crippen molar-refractivity contribution in [3.63, 3.8) is 0 Å². The van der Waals surface area contributed by atoms with Gasteiger partial charge in [-0.25, -0.2) is 4.68 Å². The van der Waals surface area contributed by atoms with Gasteiger partial charge in [0.2, 0.25) is 5.95 Å². The Balaban J connectivity index is 1.43. The summed E-state index contributed by atoms with van der Waals surface area (Å²) in [6.07, 6.45) is 2.35. The molecule has 1 aliphatic heterocycles. The van der Waals surface area contributed by atoms with E-state index in [4.69, 9.17) is 4.98 Å². The largest absolute Gasteiger partial charge is 0.340 e. The van der Waals surface area contributed by atoms with Crippen LogP contribution in [-0.2, 0) is 0 Å². The molecule has 4 heterocycles. The Bertz CT molecular complexity index is 1230. The van der Waals surface area contributed by atoms with Gasteiger partial charge in [-0.2, -0.15) is 10.1 Å². The molecule has 9 heteroatoms. The summed E-state index contributed by atoms with van der Waals surface area (Å²) in [7, 11) is 0. The van der Waals surface area contributed by atoms with Gasteiger partial charge < -0.3 is 9.80 Å². The van der Waals surface area contributed by atoms with Gasteiger partial charge in [-0.05, 0) is 30.0 Å². The van der Waals surface area contributed by atoms with E-state index in [-0.39, 0.29) is 11.5 Å². The van der Waals surface area contributed by atoms with Gasteiger partial charge in [0.05, 0.1) is 16.8 Å². The fourth-order valence-corrected chi connectivity index (χ4v) is 4.39. The number of amides is 1. The number of carbonyl (C=O) groups excluding carboxylic acids is 1. The number of fused-ring (bicyclic) bond motifs is 1. The minimum Gasteiger partial charge on any atom is -0.340 e. The third-order valence-corrected chi connectivity index (χ3v) is 6.10. The summed E-state index contributed by atoms with van der Waals surface area (Å²) >= 11 is 1.46. The number of benzene rings is 1. The van der Waals surface area contributed by atoms with Crippen LogP contribution in [0.2, 0.25) is 0 Å². The zero-order chi connectivity index (χ0) is 20.5. The number of nitrogens with one attached hydrogen (secondary N) is 1. The van der Waals surface area contributed by atoms with Crippen molar-refractivity contribution in [2.75, 3.05) is 31.1 Å². The highest BCUT2D eigenvalue weighted by atomic mass is 32.1. The molecule has 3 aromatic heterocycles. The van der Waals surface area contributed by atoms with Crippen molar-refractivity contribution in [2.45, 2.75) is 6.42 Å². The van der Waals surface area contributed by atoms with E-state index in [0.29, 0.717) is 43.2 Å². The summed E-state index contributed by atoms with van der Waals surface area (Å²) in [6.45, 7) is 2.57. The van der Waals surface area contributed by atoms with Gasteiger partial charge in [-0.3, -0.25) is 14.6 Å². The highest BCUT2D eigenvalue weighted by Gasteiger charge is 2.23. The monoisotopic (exact) mass is 420 g/mol. The first-order valence-electron chi connectivity index (χ1n) is 9.82. The predicted molar refractivity (Wildman–Crippen MR) is 117 cm³/mol. The van der Waals surface area contributed by atoms with Gasteiger partial charge in [0.25, 0.3) is 11.5 Å². The third kappa shape index (κ3) is 3.37. The maximum Gasteiger partial charge on any atom is 0.263 e. The maximum absolute atomic E-state index is 12.7. The molecule has 1 saturated heterocycles. The molecular formula is C21H20N6O2S. The SMILES string of the molecule is O=C(c1cccs1)N1CCCN(c2nc3c(cnn3-c3ccccc3)c(=O)[nH]2)CC1. The van der Waals surface area contributed by atoms with Gasteiger partial charge in [0, 0.05) is 26.2 Å². The smallest absolute Gasteiger partial charge is 0.263 e. The van der Waals surface area contributed by atoms with E-state index in [1.165, 1.54) is 11.3 Å². The highest BCUT2D eigenvalue weighted by Crippen LogP contribution is 2.19. The molecule has 152 valence electrons. The minimum atomic E-state index is -0.215. The molecular weight excluding hydrogens is 400 g/mol. The second kappa shape index (κ2) is 7.75. The molecule has 0 atom stereocenters. The van der Waals surface area contributed by atoms with Gasteiger partial charge in [-0.1, -0.05) is 24.3 Å². The first-order valence-corrected chi connectivity index (χ1v) is 10.7. The van der Waals surface area contributed by atoms with E-state index in [2.05, 4.69) is 10.1 Å². The molecule has 1 fully saturated rings. The normalized spacial score (nSPS) is 14.8. The number of rotatable bonds is 3. The van der Waals surface area contributed by atoms with E-state index in [0.717, 1.165) is 17.0 Å². The first-order chi connectivity index (χ1) is 14.7. The van der Waals surface area contributed by atoms with Crippen molar-refractivity contribution in [1.29, 1.82) is 0 Å². The Labute approximate surface area is 176 Å². The molecule has 0 aliphatic carbocycles. The number of para-hydroxylation sites is 1. The summed E-state index contributed by atoms with van der Waals surface area (Å²) in [5.41, 5.74) is 1.16. The van der Waals surface area contributed by atoms with Crippen molar-refractivity contribution in [1.82, 2.24) is 24.6 Å². The molecule has 0 bridgehead atoms. The van der Waals surface area contributed by atoms with E-state index < -0.39 is 0 Å². The molecule has 1 aliphatic rings. The number of aromatic amines is 1. The molecule has 1 amide bonds. The van der Waals surface area contributed by atoms with Crippen LogP contribution >= 0.6 is 11.3 Å². The van der Waals surface area contributed by atoms with E-state index >= 15 is 0 Å². The zero-order valence-electron chi connectivity index (χ0n) is 16.2. The number of nitrogens with zero attached hydrogens (tertiary/aromatic N) is 5. The maximum atomic E-state index is 12.7. The second-order valence-electron chi connectivity index (χ2n) is 7.13. The first kappa shape index (κ1) is 18.6. The van der Waals surface area contributed by atoms with Crippen LogP contribution in [-0.4, -0.2) is 56.7 Å². The van der Waals surface area contributed by atoms with Crippen LogP contribution in [0.4, 0.5) is 5.95 Å². The van der Waals surface area contributed by atoms with E-state index in [1.807, 2.05) is 57.6 Å². The Morgan fingerprint density at radius 1 is 1.03 bits per heavy atom. The van der Waals surface area contributed by atoms with Crippen molar-refractivity contribution in [3.8, 4) is 5.69 Å². The third-order valence-electron chi connectivity index (χ3n) is 5.24. The van der Waals surface area contributed by atoms with Crippen LogP contribution in [0.3, 0.4) is 0 Å². The molecule has 4 aromatic rings. The molecule has 30 heavy (non-hydrogen) atoms. The Hall–Kier alpha value is -3.46. The summed E-state index contributed by atoms with van der Waals surface area (Å²) in [5.74, 6) is 0.571. The molecule has 1 aromatic carbocycles. The fourth-order valence-electron chi connectivity index (χ4n) is 3.70. The van der Waals surface area contributed by atoms with Gasteiger partial charge in [-0.15, -0.1) is 11.3 Å². The molecule has 0 radical (unpaired) electrons. The lowest BCUT2D eigenvalue weighted by Gasteiger charge is -2.22. The van der Waals surface area contributed by atoms with E-state index in [1.54, 1.807) is 10.9 Å². The fraction of sp³-hybridized carbons (Fsp3) is 0.238. The Kier molecular flexibility index (Phi) is 4.80. The number of H-pyrrole nitrogens is 1. The van der Waals surface area contributed by atoms with E-state index in [9.17, 15) is 9.59 Å². The van der Waals surface area contributed by atoms with Gasteiger partial charge >= 0.3 is 0 Å². The number of carbonyl (C=O) groups is 1. The van der Waals surface area contributed by atoms with Crippen LogP contribution in [0.1, 0.15) is 16.1 Å². The molecule has 0 spiro atoms. The van der Waals surface area contributed by atoms with Crippen LogP contribution in [0, 0.1) is 0 Å². The number of hydrogen-bond acceptors (Lipinski definition) is 6. The lowest BCUT2D eigenvalue weighted by Crippen LogP contribution is -2.35.